The quantitative estimate of drug-likeness (QED) is 0.678. The van der Waals surface area contributed by atoms with Gasteiger partial charge in [-0.25, -0.2) is 4.79 Å². The molecule has 2 aliphatic rings. The number of rotatable bonds is 7. The largest absolute Gasteiger partial charge is 0.493 e. The van der Waals surface area contributed by atoms with Crippen molar-refractivity contribution in [2.75, 3.05) is 27.3 Å². The number of hydrogen-bond donors (Lipinski definition) is 2. The number of methoxy groups -OCH3 is 2. The normalized spacial score (nSPS) is 23.8. The van der Waals surface area contributed by atoms with Crippen LogP contribution in [0, 0.1) is 5.92 Å². The average molecular weight is 403 g/mol. The number of nitrogens with one attached hydrogen (secondary N) is 2. The van der Waals surface area contributed by atoms with E-state index in [1.54, 1.807) is 14.2 Å². The summed E-state index contributed by atoms with van der Waals surface area (Å²) in [6, 6.07) is 5.10. The summed E-state index contributed by atoms with van der Waals surface area (Å²) in [4.78, 5) is 38.6. The molecule has 29 heavy (non-hydrogen) atoms. The van der Waals surface area contributed by atoms with Gasteiger partial charge >= 0.3 is 6.03 Å². The van der Waals surface area contributed by atoms with E-state index in [1.807, 2.05) is 25.1 Å². The summed E-state index contributed by atoms with van der Waals surface area (Å²) in [7, 11) is 3.15. The highest BCUT2D eigenvalue weighted by Crippen LogP contribution is 2.38. The Hall–Kier alpha value is -2.77. The zero-order valence-corrected chi connectivity index (χ0v) is 17.2. The molecule has 1 aliphatic carbocycles. The molecule has 0 radical (unpaired) electrons. The third kappa shape index (κ3) is 4.16. The van der Waals surface area contributed by atoms with Gasteiger partial charge in [0.15, 0.2) is 11.5 Å². The fourth-order valence-corrected chi connectivity index (χ4v) is 4.22. The number of urea groups is 1. The van der Waals surface area contributed by atoms with Crippen molar-refractivity contribution < 1.29 is 23.9 Å². The summed E-state index contributed by atoms with van der Waals surface area (Å²) in [5.74, 6) is 0.720. The third-order valence-electron chi connectivity index (χ3n) is 5.99. The van der Waals surface area contributed by atoms with Gasteiger partial charge in [-0.3, -0.25) is 14.5 Å². The lowest BCUT2D eigenvalue weighted by atomic mass is 9.73. The molecular weight excluding hydrogens is 374 g/mol. The smallest absolute Gasteiger partial charge is 0.325 e. The number of ether oxygens (including phenoxy) is 2. The van der Waals surface area contributed by atoms with Crippen LogP contribution in [0.3, 0.4) is 0 Å². The van der Waals surface area contributed by atoms with Crippen molar-refractivity contribution in [2.24, 2.45) is 5.92 Å². The van der Waals surface area contributed by atoms with Crippen LogP contribution in [0.1, 0.15) is 38.2 Å². The first-order valence-electron chi connectivity index (χ1n) is 10.0. The maximum atomic E-state index is 12.9. The van der Waals surface area contributed by atoms with Gasteiger partial charge in [-0.05, 0) is 42.9 Å². The molecule has 0 bridgehead atoms. The van der Waals surface area contributed by atoms with Crippen LogP contribution >= 0.6 is 0 Å². The molecule has 1 aromatic carbocycles. The van der Waals surface area contributed by atoms with E-state index in [-0.39, 0.29) is 24.3 Å². The van der Waals surface area contributed by atoms with Crippen LogP contribution in [0.15, 0.2) is 18.2 Å². The van der Waals surface area contributed by atoms with Crippen molar-refractivity contribution in [1.29, 1.82) is 0 Å². The molecule has 4 amide bonds. The molecule has 8 nitrogen and oxygen atoms in total. The van der Waals surface area contributed by atoms with Crippen molar-refractivity contribution in [3.05, 3.63) is 23.8 Å². The number of hydrogen-bond acceptors (Lipinski definition) is 5. The van der Waals surface area contributed by atoms with E-state index in [0.29, 0.717) is 30.9 Å². The van der Waals surface area contributed by atoms with E-state index >= 15 is 0 Å². The Bertz CT molecular complexity index is 797. The molecule has 0 aromatic heterocycles. The molecule has 1 heterocycles. The summed E-state index contributed by atoms with van der Waals surface area (Å²) >= 11 is 0. The Kier molecular flexibility index (Phi) is 6.30. The van der Waals surface area contributed by atoms with Crippen molar-refractivity contribution in [2.45, 2.75) is 44.6 Å². The van der Waals surface area contributed by atoms with Gasteiger partial charge in [0.1, 0.15) is 12.1 Å². The summed E-state index contributed by atoms with van der Waals surface area (Å²) in [5, 5.41) is 5.64. The molecule has 2 fully saturated rings. The van der Waals surface area contributed by atoms with Crippen LogP contribution in [0.25, 0.3) is 0 Å². The van der Waals surface area contributed by atoms with Gasteiger partial charge in [0.25, 0.3) is 5.91 Å². The van der Waals surface area contributed by atoms with Gasteiger partial charge in [-0.2, -0.15) is 0 Å². The number of carbonyl (C=O) groups excluding carboxylic acids is 3. The Morgan fingerprint density at radius 3 is 2.69 bits per heavy atom. The van der Waals surface area contributed by atoms with E-state index in [9.17, 15) is 14.4 Å². The van der Waals surface area contributed by atoms with Gasteiger partial charge in [0, 0.05) is 6.54 Å². The first-order chi connectivity index (χ1) is 13.9. The number of nitrogens with zero attached hydrogens (tertiary/aromatic N) is 1. The van der Waals surface area contributed by atoms with Gasteiger partial charge < -0.3 is 20.1 Å². The van der Waals surface area contributed by atoms with E-state index in [4.69, 9.17) is 9.47 Å². The second kappa shape index (κ2) is 8.71. The lowest BCUT2D eigenvalue weighted by Gasteiger charge is -2.36. The molecule has 1 saturated carbocycles. The SMILES string of the molecule is COc1ccc(CCNC(=O)CN2C(=O)N[C@]3(CCCC[C@@H]3C)C2=O)cc1OC. The van der Waals surface area contributed by atoms with E-state index in [2.05, 4.69) is 10.6 Å². The monoisotopic (exact) mass is 403 g/mol. The average Bonchev–Trinajstić information content (AvgIpc) is 2.95. The predicted molar refractivity (Wildman–Crippen MR) is 107 cm³/mol. The first kappa shape index (κ1) is 21.0. The highest BCUT2D eigenvalue weighted by Gasteiger charge is 2.55. The predicted octanol–water partition coefficient (Wildman–Crippen LogP) is 1.86. The fraction of sp³-hybridized carbons (Fsp3) is 0.571. The second-order valence-corrected chi connectivity index (χ2v) is 7.73. The first-order valence-corrected chi connectivity index (χ1v) is 10.0. The summed E-state index contributed by atoms with van der Waals surface area (Å²) in [5.41, 5.74) is 0.142. The van der Waals surface area contributed by atoms with Crippen LogP contribution in [0.4, 0.5) is 4.79 Å². The van der Waals surface area contributed by atoms with Crippen LogP contribution in [-0.2, 0) is 16.0 Å². The molecule has 1 saturated heterocycles. The molecule has 2 atom stereocenters. The third-order valence-corrected chi connectivity index (χ3v) is 5.99. The Labute approximate surface area is 170 Å². The van der Waals surface area contributed by atoms with Crippen LogP contribution < -0.4 is 20.1 Å². The highest BCUT2D eigenvalue weighted by atomic mass is 16.5. The van der Waals surface area contributed by atoms with E-state index < -0.39 is 11.6 Å². The van der Waals surface area contributed by atoms with Gasteiger partial charge in [-0.1, -0.05) is 25.8 Å². The van der Waals surface area contributed by atoms with Crippen molar-refractivity contribution >= 4 is 17.8 Å². The zero-order valence-electron chi connectivity index (χ0n) is 17.2. The lowest BCUT2D eigenvalue weighted by Crippen LogP contribution is -2.54. The summed E-state index contributed by atoms with van der Waals surface area (Å²) in [6.07, 6.45) is 4.09. The number of benzene rings is 1. The molecule has 1 aromatic rings. The zero-order chi connectivity index (χ0) is 21.0. The maximum Gasteiger partial charge on any atom is 0.325 e. The van der Waals surface area contributed by atoms with Gasteiger partial charge in [-0.15, -0.1) is 0 Å². The summed E-state index contributed by atoms with van der Waals surface area (Å²) in [6.45, 7) is 2.12. The Balaban J connectivity index is 1.53. The molecular formula is C21H29N3O5. The van der Waals surface area contributed by atoms with Gasteiger partial charge in [0.05, 0.1) is 14.2 Å². The Morgan fingerprint density at radius 1 is 1.24 bits per heavy atom. The van der Waals surface area contributed by atoms with Gasteiger partial charge in [0.2, 0.25) is 5.91 Å². The number of amides is 4. The summed E-state index contributed by atoms with van der Waals surface area (Å²) < 4.78 is 10.5. The van der Waals surface area contributed by atoms with Crippen molar-refractivity contribution in [1.82, 2.24) is 15.5 Å². The number of imide groups is 1. The Morgan fingerprint density at radius 2 is 2.00 bits per heavy atom. The van der Waals surface area contributed by atoms with Crippen LogP contribution in [-0.4, -0.2) is 55.6 Å². The second-order valence-electron chi connectivity index (χ2n) is 7.73. The minimum absolute atomic E-state index is 0.0748. The molecule has 8 heteroatoms. The lowest BCUT2D eigenvalue weighted by molar-refractivity contribution is -0.137. The fourth-order valence-electron chi connectivity index (χ4n) is 4.22. The maximum absolute atomic E-state index is 12.9. The molecule has 1 spiro atoms. The van der Waals surface area contributed by atoms with Crippen molar-refractivity contribution in [3.8, 4) is 11.5 Å². The topological polar surface area (TPSA) is 97.0 Å². The molecule has 3 rings (SSSR count). The molecule has 158 valence electrons. The minimum atomic E-state index is -0.838. The molecule has 2 N–H and O–H groups in total. The van der Waals surface area contributed by atoms with E-state index in [0.717, 1.165) is 29.7 Å². The van der Waals surface area contributed by atoms with Crippen molar-refractivity contribution in [3.63, 3.8) is 0 Å². The minimum Gasteiger partial charge on any atom is -0.493 e. The van der Waals surface area contributed by atoms with Crippen LogP contribution in [0.2, 0.25) is 0 Å². The molecule has 1 aliphatic heterocycles. The highest BCUT2D eigenvalue weighted by molar-refractivity contribution is 6.09. The number of carbonyl (C=O) groups is 3. The van der Waals surface area contributed by atoms with E-state index in [1.165, 1.54) is 0 Å². The standard InChI is InChI=1S/C21H29N3O5/c1-14-6-4-5-10-21(14)19(26)24(20(27)23-21)13-18(25)22-11-9-15-7-8-16(28-2)17(12-15)29-3/h7-8,12,14H,4-6,9-11,13H2,1-3H3,(H,22,25)(H,23,27)/t14-,21-/m0/s1. The molecule has 0 unspecified atom stereocenters. The van der Waals surface area contributed by atoms with Crippen LogP contribution in [0.5, 0.6) is 11.5 Å².